The van der Waals surface area contributed by atoms with E-state index in [1.165, 1.54) is 18.2 Å². The van der Waals surface area contributed by atoms with Crippen LogP contribution in [0.3, 0.4) is 0 Å². The molecule has 1 fully saturated rings. The number of rotatable bonds is 8. The number of nitrogens with zero attached hydrogens (tertiary/aromatic N) is 2. The van der Waals surface area contributed by atoms with Crippen LogP contribution >= 0.6 is 30.9 Å². The van der Waals surface area contributed by atoms with Gasteiger partial charge in [-0.05, 0) is 66.7 Å². The predicted octanol–water partition coefficient (Wildman–Crippen LogP) is 6.27. The predicted molar refractivity (Wildman–Crippen MR) is 148 cm³/mol. The average Bonchev–Trinajstić information content (AvgIpc) is 2.82. The smallest absolute Gasteiger partial charge is 0.339 e. The minimum atomic E-state index is -1.84. The second-order valence-electron chi connectivity index (χ2n) is 6.87. The number of azo groups is 1. The molecule has 1 saturated heterocycles. The lowest BCUT2D eigenvalue weighted by atomic mass is 10.2. The van der Waals surface area contributed by atoms with Crippen LogP contribution in [0.4, 0.5) is 5.69 Å². The Morgan fingerprint density at radius 1 is 0.941 bits per heavy atom. The molecule has 3 aromatic rings. The Bertz CT molecular complexity index is 1340. The number of hydrogen-bond donors (Lipinski definition) is 2. The third-order valence-corrected chi connectivity index (χ3v) is 35.9. The van der Waals surface area contributed by atoms with Crippen molar-refractivity contribution >= 4 is 76.8 Å². The lowest BCUT2D eigenvalue weighted by Gasteiger charge is -2.40. The summed E-state index contributed by atoms with van der Waals surface area (Å²) >= 11 is 15.5. The molecule has 0 aromatic heterocycles. The van der Waals surface area contributed by atoms with Crippen molar-refractivity contribution in [3.8, 4) is 17.2 Å². The van der Waals surface area contributed by atoms with Crippen molar-refractivity contribution in [3.63, 3.8) is 0 Å². The van der Waals surface area contributed by atoms with Gasteiger partial charge < -0.3 is 19.7 Å². The van der Waals surface area contributed by atoms with E-state index in [1.807, 2.05) is 48.5 Å². The van der Waals surface area contributed by atoms with Crippen LogP contribution in [0, 0.1) is 0 Å². The Balaban J connectivity index is 1.34. The molecule has 4 rings (SSSR count). The molecule has 0 unspecified atom stereocenters. The minimum Gasteiger partial charge on any atom is -0.507 e. The number of aromatic hydroxyl groups is 1. The third-order valence-electron chi connectivity index (χ3n) is 4.66. The van der Waals surface area contributed by atoms with Crippen molar-refractivity contribution < 1.29 is 24.5 Å². The van der Waals surface area contributed by atoms with Gasteiger partial charge in [-0.3, -0.25) is 0 Å². The van der Waals surface area contributed by atoms with E-state index in [0.29, 0.717) is 11.4 Å². The Hall–Kier alpha value is -1.87. The number of methoxy groups -OCH3 is 1. The zero-order valence-electron chi connectivity index (χ0n) is 17.6. The highest BCUT2D eigenvalue weighted by Crippen LogP contribution is 3.04. The molecule has 0 spiro atoms. The average molecular weight is 569 g/mol. The Kier molecular flexibility index (Phi) is 7.72. The van der Waals surface area contributed by atoms with Gasteiger partial charge in [0.25, 0.3) is 0 Å². The molecule has 0 amide bonds. The number of carboxylic acid groups (broad SMARTS) is 1. The highest BCUT2D eigenvalue weighted by atomic mass is 33.7. The van der Waals surface area contributed by atoms with Crippen LogP contribution in [0.5, 0.6) is 17.2 Å². The van der Waals surface area contributed by atoms with Crippen molar-refractivity contribution in [2.24, 2.45) is 10.2 Å². The maximum atomic E-state index is 11.1. The summed E-state index contributed by atoms with van der Waals surface area (Å²) in [7, 11) is 1.64. The molecule has 0 aliphatic carbocycles. The summed E-state index contributed by atoms with van der Waals surface area (Å²) in [5.74, 6) is -0.141. The van der Waals surface area contributed by atoms with E-state index in [1.54, 1.807) is 29.1 Å². The lowest BCUT2D eigenvalue weighted by Crippen LogP contribution is -2.09. The summed E-state index contributed by atoms with van der Waals surface area (Å²) in [4.78, 5) is 11.1. The standard InChI is InChI=1S/C21H18N2O5P2S4/c1-27-15-3-7-17(8-4-15)29(31)33-30(32,34-29)18-9-5-16(6-10-18)28-13-22-23-14-2-11-20(24)19(12-14)21(25)26/h2-12,24H,13H2,1H3,(H,25,26). The monoisotopic (exact) mass is 568 g/mol. The van der Waals surface area contributed by atoms with E-state index < -0.39 is 14.9 Å². The molecule has 0 radical (unpaired) electrons. The molecule has 176 valence electrons. The third kappa shape index (κ3) is 5.51. The number of aromatic carboxylic acids is 1. The van der Waals surface area contributed by atoms with Gasteiger partial charge in [0.1, 0.15) is 22.8 Å². The van der Waals surface area contributed by atoms with Crippen LogP contribution in [0.15, 0.2) is 77.0 Å². The fraction of sp³-hybridized carbons (Fsp3) is 0.0952. The number of ether oxygens (including phenoxy) is 2. The molecule has 0 saturated carbocycles. The van der Waals surface area contributed by atoms with Gasteiger partial charge in [0.15, 0.2) is 6.73 Å². The van der Waals surface area contributed by atoms with Gasteiger partial charge in [-0.1, -0.05) is 45.6 Å². The first kappa shape index (κ1) is 25.2. The molecule has 0 bridgehead atoms. The minimum absolute atomic E-state index is 0.0431. The van der Waals surface area contributed by atoms with Crippen LogP contribution in [-0.4, -0.2) is 30.0 Å². The molecule has 34 heavy (non-hydrogen) atoms. The molecule has 7 nitrogen and oxygen atoms in total. The van der Waals surface area contributed by atoms with Gasteiger partial charge >= 0.3 is 5.97 Å². The highest BCUT2D eigenvalue weighted by molar-refractivity contribution is 9.48. The van der Waals surface area contributed by atoms with Crippen LogP contribution in [0.2, 0.25) is 0 Å². The fourth-order valence-electron chi connectivity index (χ4n) is 2.94. The van der Waals surface area contributed by atoms with Crippen molar-refractivity contribution in [2.75, 3.05) is 13.8 Å². The summed E-state index contributed by atoms with van der Waals surface area (Å²) in [6.07, 6.45) is 0. The summed E-state index contributed by atoms with van der Waals surface area (Å²) in [5.41, 5.74) is 0.0667. The normalized spacial score (nSPS) is 21.7. The zero-order valence-corrected chi connectivity index (χ0v) is 22.7. The lowest BCUT2D eigenvalue weighted by molar-refractivity contribution is 0.0693. The van der Waals surface area contributed by atoms with Gasteiger partial charge in [0, 0.05) is 10.6 Å². The van der Waals surface area contributed by atoms with Crippen LogP contribution < -0.4 is 20.1 Å². The van der Waals surface area contributed by atoms with Crippen molar-refractivity contribution in [2.45, 2.75) is 0 Å². The Labute approximate surface area is 214 Å². The molecule has 1 aliphatic heterocycles. The molecule has 2 N–H and O–H groups in total. The molecular formula is C21H18N2O5P2S4. The Morgan fingerprint density at radius 3 is 2.03 bits per heavy atom. The van der Waals surface area contributed by atoms with Crippen LogP contribution in [-0.2, 0) is 23.6 Å². The first-order chi connectivity index (χ1) is 16.2. The fourth-order valence-corrected chi connectivity index (χ4v) is 45.2. The van der Waals surface area contributed by atoms with Crippen LogP contribution in [0.25, 0.3) is 0 Å². The maximum absolute atomic E-state index is 11.1. The number of phenols is 1. The van der Waals surface area contributed by atoms with Gasteiger partial charge in [-0.2, -0.15) is 5.11 Å². The van der Waals surface area contributed by atoms with Gasteiger partial charge in [-0.25, -0.2) is 4.79 Å². The van der Waals surface area contributed by atoms with E-state index >= 15 is 0 Å². The van der Waals surface area contributed by atoms with E-state index in [2.05, 4.69) is 10.2 Å². The summed E-state index contributed by atoms with van der Waals surface area (Å²) in [6, 6.07) is 19.5. The summed E-state index contributed by atoms with van der Waals surface area (Å²) < 4.78 is 7.18. The van der Waals surface area contributed by atoms with E-state index in [-0.39, 0.29) is 18.0 Å². The molecule has 13 heteroatoms. The first-order valence-corrected chi connectivity index (χ1v) is 19.3. The first-order valence-electron chi connectivity index (χ1n) is 9.67. The van der Waals surface area contributed by atoms with E-state index in [4.69, 9.17) is 38.2 Å². The van der Waals surface area contributed by atoms with Crippen molar-refractivity contribution in [3.05, 3.63) is 72.3 Å². The topological polar surface area (TPSA) is 101 Å². The number of hydrogen-bond acceptors (Lipinski definition) is 10. The van der Waals surface area contributed by atoms with Crippen LogP contribution in [0.1, 0.15) is 10.4 Å². The van der Waals surface area contributed by atoms with Crippen molar-refractivity contribution in [1.82, 2.24) is 0 Å². The van der Waals surface area contributed by atoms with E-state index in [0.717, 1.165) is 16.4 Å². The number of carboxylic acids is 1. The maximum Gasteiger partial charge on any atom is 0.339 e. The highest BCUT2D eigenvalue weighted by Gasteiger charge is 2.45. The van der Waals surface area contributed by atoms with Gasteiger partial charge in [-0.15, -0.1) is 5.11 Å². The SMILES string of the molecule is COc1ccc(P2(=S)SP(=S)(c3ccc(OCN=Nc4ccc(O)c(C(=O)O)c4)cc3)S2)cc1. The molecular weight excluding hydrogens is 550 g/mol. The van der Waals surface area contributed by atoms with Gasteiger partial charge in [0.2, 0.25) is 0 Å². The quantitative estimate of drug-likeness (QED) is 0.241. The molecule has 3 aromatic carbocycles. The second kappa shape index (κ2) is 10.4. The number of benzene rings is 3. The largest absolute Gasteiger partial charge is 0.507 e. The summed E-state index contributed by atoms with van der Waals surface area (Å²) in [6.45, 7) is -0.0431. The van der Waals surface area contributed by atoms with Gasteiger partial charge in [0.05, 0.1) is 21.7 Å². The second-order valence-corrected chi connectivity index (χ2v) is 28.2. The number of carbonyl (C=O) groups is 1. The van der Waals surface area contributed by atoms with Crippen molar-refractivity contribution in [1.29, 1.82) is 0 Å². The molecule has 1 heterocycles. The Morgan fingerprint density at radius 2 is 1.50 bits per heavy atom. The van der Waals surface area contributed by atoms with E-state index in [9.17, 15) is 9.90 Å². The molecule has 0 atom stereocenters. The zero-order chi connectivity index (χ0) is 24.3. The molecule has 1 aliphatic rings. The summed E-state index contributed by atoms with van der Waals surface area (Å²) in [5, 5.41) is 28.7.